The van der Waals surface area contributed by atoms with Crippen LogP contribution in [-0.2, 0) is 13.0 Å². The Balaban J connectivity index is 2.16. The molecule has 112 valence electrons. The van der Waals surface area contributed by atoms with Gasteiger partial charge in [-0.15, -0.1) is 0 Å². The molecule has 3 nitrogen and oxygen atoms in total. The first-order valence-electron chi connectivity index (χ1n) is 6.57. The van der Waals surface area contributed by atoms with E-state index < -0.39 is 0 Å². The first-order valence-corrected chi connectivity index (χ1v) is 6.95. The Morgan fingerprint density at radius 1 is 1.14 bits per heavy atom. The van der Waals surface area contributed by atoms with Gasteiger partial charge in [-0.25, -0.2) is 4.39 Å². The minimum atomic E-state index is -0.369. The first kappa shape index (κ1) is 15.6. The van der Waals surface area contributed by atoms with Crippen LogP contribution in [0, 0.1) is 5.82 Å². The molecule has 5 heteroatoms. The summed E-state index contributed by atoms with van der Waals surface area (Å²) < 4.78 is 24.0. The summed E-state index contributed by atoms with van der Waals surface area (Å²) in [7, 11) is 1.58. The first-order chi connectivity index (χ1) is 10.1. The highest BCUT2D eigenvalue weighted by Gasteiger charge is 2.08. The summed E-state index contributed by atoms with van der Waals surface area (Å²) in [4.78, 5) is 0. The zero-order valence-electron chi connectivity index (χ0n) is 11.7. The van der Waals surface area contributed by atoms with Gasteiger partial charge in [0, 0.05) is 5.56 Å². The molecule has 0 spiro atoms. The van der Waals surface area contributed by atoms with E-state index in [0.717, 1.165) is 12.0 Å². The molecule has 0 saturated carbocycles. The smallest absolute Gasteiger partial charge is 0.161 e. The minimum absolute atomic E-state index is 0.238. The van der Waals surface area contributed by atoms with Gasteiger partial charge in [0.15, 0.2) is 11.5 Å². The van der Waals surface area contributed by atoms with Crippen LogP contribution in [0.15, 0.2) is 36.4 Å². The zero-order valence-corrected chi connectivity index (χ0v) is 12.5. The number of hydrogen-bond donors (Lipinski definition) is 1. The van der Waals surface area contributed by atoms with Crippen LogP contribution in [0.3, 0.4) is 0 Å². The molecule has 0 amide bonds. The lowest BCUT2D eigenvalue weighted by Crippen LogP contribution is -2.04. The Morgan fingerprint density at radius 2 is 1.95 bits per heavy atom. The summed E-state index contributed by atoms with van der Waals surface area (Å²) in [6, 6.07) is 9.90. The van der Waals surface area contributed by atoms with Crippen molar-refractivity contribution in [2.45, 2.75) is 13.0 Å². The van der Waals surface area contributed by atoms with Crippen molar-refractivity contribution < 1.29 is 13.9 Å². The molecule has 0 aliphatic rings. The van der Waals surface area contributed by atoms with Gasteiger partial charge in [0.2, 0.25) is 0 Å². The second kappa shape index (κ2) is 7.29. The SMILES string of the molecule is COc1ccc(CCN)cc1OCc1ccc(F)cc1Cl. The quantitative estimate of drug-likeness (QED) is 0.887. The van der Waals surface area contributed by atoms with E-state index in [2.05, 4.69) is 0 Å². The molecular formula is C16H17ClFNO2. The predicted molar refractivity (Wildman–Crippen MR) is 81.5 cm³/mol. The molecule has 0 bridgehead atoms. The highest BCUT2D eigenvalue weighted by molar-refractivity contribution is 6.31. The van der Waals surface area contributed by atoms with Gasteiger partial charge in [0.05, 0.1) is 12.1 Å². The second-order valence-corrected chi connectivity index (χ2v) is 4.96. The zero-order chi connectivity index (χ0) is 15.2. The van der Waals surface area contributed by atoms with E-state index in [1.54, 1.807) is 13.2 Å². The number of hydrogen-bond acceptors (Lipinski definition) is 3. The highest BCUT2D eigenvalue weighted by atomic mass is 35.5. The van der Waals surface area contributed by atoms with Gasteiger partial charge in [0.25, 0.3) is 0 Å². The molecule has 0 aliphatic heterocycles. The van der Waals surface area contributed by atoms with E-state index >= 15 is 0 Å². The summed E-state index contributed by atoms with van der Waals surface area (Å²) in [6.07, 6.45) is 0.762. The van der Waals surface area contributed by atoms with Crippen LogP contribution < -0.4 is 15.2 Å². The minimum Gasteiger partial charge on any atom is -0.493 e. The standard InChI is InChI=1S/C16H17ClFNO2/c1-20-15-5-2-11(6-7-19)8-16(15)21-10-12-3-4-13(18)9-14(12)17/h2-5,8-9H,6-7,10,19H2,1H3. The molecule has 0 unspecified atom stereocenters. The van der Waals surface area contributed by atoms with Crippen molar-refractivity contribution in [1.82, 2.24) is 0 Å². The fraction of sp³-hybridized carbons (Fsp3) is 0.250. The largest absolute Gasteiger partial charge is 0.493 e. The topological polar surface area (TPSA) is 44.5 Å². The molecular weight excluding hydrogens is 293 g/mol. The third-order valence-corrected chi connectivity index (χ3v) is 3.41. The Morgan fingerprint density at radius 3 is 2.62 bits per heavy atom. The molecule has 2 aromatic rings. The van der Waals surface area contributed by atoms with Crippen molar-refractivity contribution in [1.29, 1.82) is 0 Å². The summed E-state index contributed by atoms with van der Waals surface area (Å²) in [5.41, 5.74) is 7.34. The van der Waals surface area contributed by atoms with E-state index in [1.165, 1.54) is 12.1 Å². The molecule has 0 aromatic heterocycles. The summed E-state index contributed by atoms with van der Waals surface area (Å²) in [6.45, 7) is 0.803. The van der Waals surface area contributed by atoms with E-state index in [9.17, 15) is 4.39 Å². The molecule has 0 radical (unpaired) electrons. The highest BCUT2D eigenvalue weighted by Crippen LogP contribution is 2.29. The third kappa shape index (κ3) is 4.09. The summed E-state index contributed by atoms with van der Waals surface area (Å²) >= 11 is 5.98. The lowest BCUT2D eigenvalue weighted by Gasteiger charge is -2.13. The van der Waals surface area contributed by atoms with Gasteiger partial charge in [-0.05, 0) is 42.8 Å². The fourth-order valence-corrected chi connectivity index (χ4v) is 2.17. The van der Waals surface area contributed by atoms with Gasteiger partial charge in [-0.2, -0.15) is 0 Å². The predicted octanol–water partition coefficient (Wildman–Crippen LogP) is 3.57. The summed E-state index contributed by atoms with van der Waals surface area (Å²) in [5, 5.41) is 0.340. The maximum absolute atomic E-state index is 13.0. The molecule has 0 aliphatic carbocycles. The lowest BCUT2D eigenvalue weighted by molar-refractivity contribution is 0.284. The van der Waals surface area contributed by atoms with Gasteiger partial charge in [0.1, 0.15) is 12.4 Å². The van der Waals surface area contributed by atoms with Crippen molar-refractivity contribution in [3.8, 4) is 11.5 Å². The van der Waals surface area contributed by atoms with Crippen LogP contribution >= 0.6 is 11.6 Å². The average Bonchev–Trinajstić information content (AvgIpc) is 2.47. The average molecular weight is 310 g/mol. The van der Waals surface area contributed by atoms with Gasteiger partial charge >= 0.3 is 0 Å². The van der Waals surface area contributed by atoms with Crippen LogP contribution in [0.4, 0.5) is 4.39 Å². The van der Waals surface area contributed by atoms with Crippen molar-refractivity contribution in [2.75, 3.05) is 13.7 Å². The molecule has 2 N–H and O–H groups in total. The Kier molecular flexibility index (Phi) is 5.42. The van der Waals surface area contributed by atoms with Crippen LogP contribution in [-0.4, -0.2) is 13.7 Å². The number of benzene rings is 2. The van der Waals surface area contributed by atoms with Crippen LogP contribution in [0.2, 0.25) is 5.02 Å². The normalized spacial score (nSPS) is 10.5. The van der Waals surface area contributed by atoms with Crippen LogP contribution in [0.1, 0.15) is 11.1 Å². The fourth-order valence-electron chi connectivity index (χ4n) is 1.95. The summed E-state index contributed by atoms with van der Waals surface area (Å²) in [5.74, 6) is 0.879. The van der Waals surface area contributed by atoms with Crippen LogP contribution in [0.5, 0.6) is 11.5 Å². The lowest BCUT2D eigenvalue weighted by atomic mass is 10.1. The molecule has 0 fully saturated rings. The van der Waals surface area contributed by atoms with Crippen molar-refractivity contribution in [3.05, 3.63) is 58.4 Å². The molecule has 0 saturated heterocycles. The van der Waals surface area contributed by atoms with E-state index in [4.69, 9.17) is 26.8 Å². The number of halogens is 2. The van der Waals surface area contributed by atoms with Crippen molar-refractivity contribution in [3.63, 3.8) is 0 Å². The maximum atomic E-state index is 13.0. The van der Waals surface area contributed by atoms with E-state index in [-0.39, 0.29) is 12.4 Å². The number of methoxy groups -OCH3 is 1. The monoisotopic (exact) mass is 309 g/mol. The van der Waals surface area contributed by atoms with Crippen LogP contribution in [0.25, 0.3) is 0 Å². The molecule has 2 aromatic carbocycles. The molecule has 2 rings (SSSR count). The Bertz CT molecular complexity index is 619. The molecule has 0 atom stereocenters. The maximum Gasteiger partial charge on any atom is 0.161 e. The number of nitrogens with two attached hydrogens (primary N) is 1. The van der Waals surface area contributed by atoms with Crippen molar-refractivity contribution in [2.24, 2.45) is 5.73 Å². The van der Waals surface area contributed by atoms with E-state index in [1.807, 2.05) is 18.2 Å². The number of ether oxygens (including phenoxy) is 2. The second-order valence-electron chi connectivity index (χ2n) is 4.55. The van der Waals surface area contributed by atoms with Crippen molar-refractivity contribution >= 4 is 11.6 Å². The van der Waals surface area contributed by atoms with E-state index in [0.29, 0.717) is 28.6 Å². The van der Waals surface area contributed by atoms with Gasteiger partial charge < -0.3 is 15.2 Å². The van der Waals surface area contributed by atoms with Gasteiger partial charge in [-0.1, -0.05) is 23.7 Å². The van der Waals surface area contributed by atoms with Gasteiger partial charge in [-0.3, -0.25) is 0 Å². The molecule has 0 heterocycles. The number of rotatable bonds is 6. The molecule has 21 heavy (non-hydrogen) atoms. The Labute approximate surface area is 128 Å². The Hall–Kier alpha value is -1.78. The third-order valence-electron chi connectivity index (χ3n) is 3.06.